The Morgan fingerprint density at radius 2 is 1.48 bits per heavy atom. The Morgan fingerprint density at radius 1 is 0.857 bits per heavy atom. The maximum Gasteiger partial charge on any atom is 0.266 e. The number of para-hydroxylation sites is 1. The molecule has 4 aromatic rings. The summed E-state index contributed by atoms with van der Waals surface area (Å²) in [6.07, 6.45) is 0. The SMILES string of the molecule is COc1cccc(OC)c1C(=O)Nc1cccc(SC(C)C(=O)Nc2sc(C(=O)Nc3ccccc3)c(C)c2C#N)c1. The molecule has 0 saturated heterocycles. The fraction of sp³-hybridized carbons (Fsp3) is 0.161. The summed E-state index contributed by atoms with van der Waals surface area (Å²) in [5, 5.41) is 18.0. The number of thiophene rings is 1. The van der Waals surface area contributed by atoms with E-state index in [2.05, 4.69) is 22.0 Å². The Kier molecular flexibility index (Phi) is 9.85. The molecule has 0 aliphatic carbocycles. The highest BCUT2D eigenvalue weighted by atomic mass is 32.2. The third-order valence-corrected chi connectivity index (χ3v) is 8.46. The van der Waals surface area contributed by atoms with Crippen LogP contribution < -0.4 is 25.4 Å². The van der Waals surface area contributed by atoms with Crippen LogP contribution >= 0.6 is 23.1 Å². The van der Waals surface area contributed by atoms with Crippen LogP contribution in [0.1, 0.15) is 38.1 Å². The fourth-order valence-corrected chi connectivity index (χ4v) is 6.03. The predicted octanol–water partition coefficient (Wildman–Crippen LogP) is 6.57. The summed E-state index contributed by atoms with van der Waals surface area (Å²) in [6.45, 7) is 3.42. The van der Waals surface area contributed by atoms with E-state index in [4.69, 9.17) is 9.47 Å². The molecule has 11 heteroatoms. The Hall–Kier alpha value is -4.79. The second kappa shape index (κ2) is 13.7. The summed E-state index contributed by atoms with van der Waals surface area (Å²) in [5.74, 6) is -0.331. The molecule has 0 spiro atoms. The van der Waals surface area contributed by atoms with E-state index in [0.717, 1.165) is 16.2 Å². The lowest BCUT2D eigenvalue weighted by atomic mass is 10.1. The number of hydrogen-bond donors (Lipinski definition) is 3. The first-order valence-corrected chi connectivity index (χ1v) is 14.4. The van der Waals surface area contributed by atoms with Crippen molar-refractivity contribution in [3.63, 3.8) is 0 Å². The van der Waals surface area contributed by atoms with Gasteiger partial charge in [0.25, 0.3) is 11.8 Å². The van der Waals surface area contributed by atoms with Crippen molar-refractivity contribution in [3.8, 4) is 17.6 Å². The van der Waals surface area contributed by atoms with Crippen molar-refractivity contribution in [3.05, 3.63) is 94.4 Å². The molecule has 9 nitrogen and oxygen atoms in total. The summed E-state index contributed by atoms with van der Waals surface area (Å²) in [5.41, 5.74) is 2.18. The molecule has 4 rings (SSSR count). The molecule has 1 unspecified atom stereocenters. The highest BCUT2D eigenvalue weighted by Gasteiger charge is 2.24. The lowest BCUT2D eigenvalue weighted by Gasteiger charge is -2.14. The van der Waals surface area contributed by atoms with Crippen molar-refractivity contribution in [2.75, 3.05) is 30.2 Å². The standard InChI is InChI=1S/C31H28N4O5S2/c1-18-23(17-32)31(42-27(18)30(38)33-20-10-6-5-7-11-20)35-28(36)19(2)41-22-13-8-12-21(16-22)34-29(37)26-24(39-3)14-9-15-25(26)40-4/h5-16,19H,1-4H3,(H,33,38)(H,34,37)(H,35,36). The Bertz CT molecular complexity index is 1640. The minimum Gasteiger partial charge on any atom is -0.496 e. The molecule has 3 N–H and O–H groups in total. The van der Waals surface area contributed by atoms with Crippen molar-refractivity contribution in [2.45, 2.75) is 24.0 Å². The normalized spacial score (nSPS) is 11.1. The number of rotatable bonds is 10. The van der Waals surface area contributed by atoms with Crippen LogP contribution in [0, 0.1) is 18.3 Å². The van der Waals surface area contributed by atoms with Gasteiger partial charge in [0.15, 0.2) is 0 Å². The first-order chi connectivity index (χ1) is 20.2. The van der Waals surface area contributed by atoms with Gasteiger partial charge in [0.05, 0.1) is 29.9 Å². The third-order valence-electron chi connectivity index (χ3n) is 6.16. The number of nitrogens with zero attached hydrogens (tertiary/aromatic N) is 1. The number of nitrogens with one attached hydrogen (secondary N) is 3. The molecule has 0 aliphatic rings. The van der Waals surface area contributed by atoms with Gasteiger partial charge in [-0.15, -0.1) is 23.1 Å². The van der Waals surface area contributed by atoms with Crippen molar-refractivity contribution >= 4 is 57.2 Å². The van der Waals surface area contributed by atoms with Crippen molar-refractivity contribution in [1.29, 1.82) is 5.26 Å². The summed E-state index contributed by atoms with van der Waals surface area (Å²) in [7, 11) is 2.96. The second-order valence-corrected chi connectivity index (χ2v) is 11.4. The van der Waals surface area contributed by atoms with Gasteiger partial charge in [-0.3, -0.25) is 14.4 Å². The van der Waals surface area contributed by atoms with Crippen molar-refractivity contribution < 1.29 is 23.9 Å². The van der Waals surface area contributed by atoms with E-state index < -0.39 is 11.2 Å². The van der Waals surface area contributed by atoms with Gasteiger partial charge >= 0.3 is 0 Å². The van der Waals surface area contributed by atoms with Gasteiger partial charge in [-0.25, -0.2) is 0 Å². The molecule has 0 radical (unpaired) electrons. The van der Waals surface area contributed by atoms with Crippen LogP contribution in [0.3, 0.4) is 0 Å². The molecule has 1 heterocycles. The summed E-state index contributed by atoms with van der Waals surface area (Å²) < 4.78 is 10.7. The van der Waals surface area contributed by atoms with E-state index in [1.807, 2.05) is 24.3 Å². The van der Waals surface area contributed by atoms with Gasteiger partial charge in [-0.2, -0.15) is 5.26 Å². The number of anilines is 3. The first-order valence-electron chi connectivity index (χ1n) is 12.8. The second-order valence-electron chi connectivity index (χ2n) is 8.96. The molecule has 42 heavy (non-hydrogen) atoms. The maximum absolute atomic E-state index is 13.1. The maximum atomic E-state index is 13.1. The first kappa shape index (κ1) is 30.2. The predicted molar refractivity (Wildman–Crippen MR) is 166 cm³/mol. The zero-order valence-electron chi connectivity index (χ0n) is 23.3. The number of benzene rings is 3. The minimum absolute atomic E-state index is 0.250. The Labute approximate surface area is 251 Å². The smallest absolute Gasteiger partial charge is 0.266 e. The molecule has 1 aromatic heterocycles. The lowest BCUT2D eigenvalue weighted by Crippen LogP contribution is -2.22. The summed E-state index contributed by atoms with van der Waals surface area (Å²) in [4.78, 5) is 40.2. The van der Waals surface area contributed by atoms with Crippen LogP contribution in [0.4, 0.5) is 16.4 Å². The number of ether oxygens (including phenoxy) is 2. The van der Waals surface area contributed by atoms with Crippen LogP contribution in [-0.4, -0.2) is 37.2 Å². The van der Waals surface area contributed by atoms with E-state index in [9.17, 15) is 19.6 Å². The molecule has 0 saturated carbocycles. The molecule has 1 atom stereocenters. The van der Waals surface area contributed by atoms with Gasteiger partial charge in [-0.05, 0) is 61.9 Å². The van der Waals surface area contributed by atoms with Crippen LogP contribution in [0.25, 0.3) is 0 Å². The van der Waals surface area contributed by atoms with Crippen LogP contribution in [0.5, 0.6) is 11.5 Å². The lowest BCUT2D eigenvalue weighted by molar-refractivity contribution is -0.115. The molecule has 214 valence electrons. The van der Waals surface area contributed by atoms with E-state index >= 15 is 0 Å². The van der Waals surface area contributed by atoms with Crippen LogP contribution in [0.2, 0.25) is 0 Å². The topological polar surface area (TPSA) is 130 Å². The average molecular weight is 601 g/mol. The van der Waals surface area contributed by atoms with E-state index in [1.54, 1.807) is 62.4 Å². The third kappa shape index (κ3) is 6.91. The molecular weight excluding hydrogens is 572 g/mol. The molecule has 0 aliphatic heterocycles. The van der Waals surface area contributed by atoms with Crippen LogP contribution in [0.15, 0.2) is 77.7 Å². The molecule has 0 bridgehead atoms. The zero-order valence-corrected chi connectivity index (χ0v) is 24.9. The van der Waals surface area contributed by atoms with Gasteiger partial charge in [-0.1, -0.05) is 30.3 Å². The highest BCUT2D eigenvalue weighted by Crippen LogP contribution is 2.35. The van der Waals surface area contributed by atoms with Crippen molar-refractivity contribution in [1.82, 2.24) is 0 Å². The summed E-state index contributed by atoms with van der Waals surface area (Å²) in [6, 6.07) is 23.3. The van der Waals surface area contributed by atoms with E-state index in [0.29, 0.717) is 38.3 Å². The quantitative estimate of drug-likeness (QED) is 0.176. The largest absolute Gasteiger partial charge is 0.496 e. The molecular formula is C31H28N4O5S2. The minimum atomic E-state index is -0.555. The molecule has 3 amide bonds. The van der Waals surface area contributed by atoms with Gasteiger partial charge in [0, 0.05) is 16.3 Å². The van der Waals surface area contributed by atoms with Gasteiger partial charge < -0.3 is 25.4 Å². The molecule has 0 fully saturated rings. The van der Waals surface area contributed by atoms with Crippen LogP contribution in [-0.2, 0) is 4.79 Å². The van der Waals surface area contributed by atoms with Gasteiger partial charge in [0.2, 0.25) is 5.91 Å². The Morgan fingerprint density at radius 3 is 2.12 bits per heavy atom. The number of nitriles is 1. The zero-order chi connectivity index (χ0) is 30.2. The number of thioether (sulfide) groups is 1. The van der Waals surface area contributed by atoms with E-state index in [1.165, 1.54) is 26.0 Å². The number of amides is 3. The number of methoxy groups -OCH3 is 2. The highest BCUT2D eigenvalue weighted by molar-refractivity contribution is 8.00. The fourth-order valence-electron chi connectivity index (χ4n) is 4.05. The van der Waals surface area contributed by atoms with Gasteiger partial charge in [0.1, 0.15) is 28.1 Å². The van der Waals surface area contributed by atoms with E-state index in [-0.39, 0.29) is 22.9 Å². The number of carbonyl (C=O) groups excluding carboxylic acids is 3. The molecule has 3 aromatic carbocycles. The summed E-state index contributed by atoms with van der Waals surface area (Å²) >= 11 is 2.35. The Balaban J connectivity index is 1.44. The number of hydrogen-bond acceptors (Lipinski definition) is 8. The number of carbonyl (C=O) groups is 3. The van der Waals surface area contributed by atoms with Crippen molar-refractivity contribution in [2.24, 2.45) is 0 Å². The monoisotopic (exact) mass is 600 g/mol. The average Bonchev–Trinajstić information content (AvgIpc) is 3.31.